The van der Waals surface area contributed by atoms with E-state index in [0.29, 0.717) is 5.56 Å². The second-order valence-electron chi connectivity index (χ2n) is 13.5. The number of hydrogen-bond donors (Lipinski definition) is 1. The van der Waals surface area contributed by atoms with E-state index in [-0.39, 0.29) is 47.3 Å². The lowest BCUT2D eigenvalue weighted by atomic mass is 9.89. The molecule has 10 heteroatoms. The van der Waals surface area contributed by atoms with Crippen molar-refractivity contribution in [2.75, 3.05) is 13.2 Å². The predicted octanol–water partition coefficient (Wildman–Crippen LogP) is 6.99. The molecule has 1 saturated heterocycles. The molecular weight excluding hydrogens is 534 g/mol. The average Bonchev–Trinajstić information content (AvgIpc) is 3.18. The van der Waals surface area contributed by atoms with Gasteiger partial charge in [-0.15, -0.1) is 0 Å². The van der Waals surface area contributed by atoms with E-state index < -0.39 is 42.8 Å². The second-order valence-corrected chi connectivity index (χ2v) is 18.2. The van der Waals surface area contributed by atoms with E-state index in [1.165, 1.54) is 24.3 Å². The van der Waals surface area contributed by atoms with Gasteiger partial charge in [-0.1, -0.05) is 20.8 Å². The van der Waals surface area contributed by atoms with Gasteiger partial charge in [-0.25, -0.2) is 18.6 Å². The molecule has 1 amide bonds. The standard InChI is InChI=1S/C30H42F2N2O5Si/c1-27(2,3)38-26(36)33-18-30(16-21(35)17-37-30)23-15-22(29(7,8)39-40(9,10)28(4,5)6)24(32)25(34-23)19-11-13-20(31)14-12-19/h11-15H,16-18H2,1-10H3,(H,33,36). The third-order valence-electron chi connectivity index (χ3n) is 7.42. The molecule has 0 radical (unpaired) electrons. The number of hydrogen-bond acceptors (Lipinski definition) is 6. The number of amides is 1. The number of carbonyl (C=O) groups is 2. The molecule has 0 aliphatic carbocycles. The maximum atomic E-state index is 16.4. The third-order valence-corrected chi connectivity index (χ3v) is 12.0. The minimum Gasteiger partial charge on any atom is -0.444 e. The summed E-state index contributed by atoms with van der Waals surface area (Å²) in [7, 11) is -2.38. The topological polar surface area (TPSA) is 86.8 Å². The molecule has 1 unspecified atom stereocenters. The summed E-state index contributed by atoms with van der Waals surface area (Å²) >= 11 is 0. The quantitative estimate of drug-likeness (QED) is 0.358. The smallest absolute Gasteiger partial charge is 0.407 e. The molecule has 2 heterocycles. The summed E-state index contributed by atoms with van der Waals surface area (Å²) in [4.78, 5) is 29.7. The van der Waals surface area contributed by atoms with Gasteiger partial charge in [-0.2, -0.15) is 0 Å². The van der Waals surface area contributed by atoms with Crippen molar-refractivity contribution in [3.05, 3.63) is 53.2 Å². The van der Waals surface area contributed by atoms with E-state index in [1.807, 2.05) is 0 Å². The highest BCUT2D eigenvalue weighted by Crippen LogP contribution is 2.44. The Labute approximate surface area is 237 Å². The van der Waals surface area contributed by atoms with Crippen LogP contribution in [0.5, 0.6) is 0 Å². The SMILES string of the molecule is CC(C)(C)OC(=O)NCC1(c2cc(C(C)(C)O[Si](C)(C)C(C)(C)C)c(F)c(-c3ccc(F)cc3)n2)CC(=O)CO1. The monoisotopic (exact) mass is 576 g/mol. The van der Waals surface area contributed by atoms with Gasteiger partial charge in [0.15, 0.2) is 19.9 Å². The maximum Gasteiger partial charge on any atom is 0.407 e. The summed E-state index contributed by atoms with van der Waals surface area (Å²) in [5.74, 6) is -1.26. The Bertz CT molecular complexity index is 1270. The molecule has 0 spiro atoms. The molecule has 1 aliphatic heterocycles. The van der Waals surface area contributed by atoms with Crippen molar-refractivity contribution < 1.29 is 32.3 Å². The summed E-state index contributed by atoms with van der Waals surface area (Å²) in [6.45, 7) is 19.0. The molecule has 1 aliphatic rings. The van der Waals surface area contributed by atoms with E-state index >= 15 is 4.39 Å². The van der Waals surface area contributed by atoms with Crippen LogP contribution < -0.4 is 5.32 Å². The van der Waals surface area contributed by atoms with Crippen LogP contribution >= 0.6 is 0 Å². The summed E-state index contributed by atoms with van der Waals surface area (Å²) in [5, 5.41) is 2.55. The van der Waals surface area contributed by atoms with Crippen molar-refractivity contribution in [3.8, 4) is 11.3 Å². The number of ketones is 1. The Morgan fingerprint density at radius 1 is 1.07 bits per heavy atom. The molecule has 1 N–H and O–H groups in total. The highest BCUT2D eigenvalue weighted by atomic mass is 28.4. The van der Waals surface area contributed by atoms with E-state index in [4.69, 9.17) is 13.9 Å². The Morgan fingerprint density at radius 2 is 1.68 bits per heavy atom. The number of alkyl carbamates (subject to hydrolysis) is 1. The number of nitrogens with one attached hydrogen (secondary N) is 1. The van der Waals surface area contributed by atoms with Gasteiger partial charge in [0.1, 0.15) is 29.3 Å². The molecule has 1 aromatic carbocycles. The van der Waals surface area contributed by atoms with Crippen LogP contribution in [0.4, 0.5) is 13.6 Å². The third kappa shape index (κ3) is 7.14. The molecule has 3 rings (SSSR count). The molecule has 7 nitrogen and oxygen atoms in total. The van der Waals surface area contributed by atoms with Crippen LogP contribution in [0.25, 0.3) is 11.3 Å². The molecule has 220 valence electrons. The summed E-state index contributed by atoms with van der Waals surface area (Å²) in [6.07, 6.45) is -0.759. The van der Waals surface area contributed by atoms with Gasteiger partial charge >= 0.3 is 6.09 Å². The molecule has 1 atom stereocenters. The van der Waals surface area contributed by atoms with Gasteiger partial charge in [0, 0.05) is 17.5 Å². The number of halogens is 2. The Hall–Kier alpha value is -2.69. The fourth-order valence-corrected chi connectivity index (χ4v) is 6.07. The summed E-state index contributed by atoms with van der Waals surface area (Å²) in [6, 6.07) is 6.92. The normalized spacial score (nSPS) is 18.6. The Balaban J connectivity index is 2.19. The first-order valence-corrected chi connectivity index (χ1v) is 16.4. The van der Waals surface area contributed by atoms with Gasteiger partial charge in [-0.3, -0.25) is 4.79 Å². The van der Waals surface area contributed by atoms with Crippen molar-refractivity contribution in [1.82, 2.24) is 10.3 Å². The van der Waals surface area contributed by atoms with Gasteiger partial charge in [-0.05, 0) is 83.1 Å². The summed E-state index contributed by atoms with van der Waals surface area (Å²) < 4.78 is 48.2. The fourth-order valence-electron chi connectivity index (χ4n) is 4.38. The Kier molecular flexibility index (Phi) is 8.71. The first-order chi connectivity index (χ1) is 18.2. The number of Topliss-reactive ketones (excluding diaryl/α,β-unsaturated/α-hetero) is 1. The lowest BCUT2D eigenvalue weighted by Gasteiger charge is -2.43. The zero-order chi connectivity index (χ0) is 30.3. The lowest BCUT2D eigenvalue weighted by molar-refractivity contribution is -0.117. The molecular formula is C30H42F2N2O5Si. The fraction of sp³-hybridized carbons (Fsp3) is 0.567. The van der Waals surface area contributed by atoms with E-state index in [2.05, 4.69) is 44.2 Å². The van der Waals surface area contributed by atoms with Gasteiger partial charge < -0.3 is 19.2 Å². The predicted molar refractivity (Wildman–Crippen MR) is 152 cm³/mol. The van der Waals surface area contributed by atoms with Crippen molar-refractivity contribution in [3.63, 3.8) is 0 Å². The number of carbonyl (C=O) groups excluding carboxylic acids is 2. The van der Waals surface area contributed by atoms with Gasteiger partial charge in [0.05, 0.1) is 17.8 Å². The molecule has 40 heavy (non-hydrogen) atoms. The van der Waals surface area contributed by atoms with Crippen LogP contribution in [-0.2, 0) is 29.9 Å². The second kappa shape index (κ2) is 10.9. The van der Waals surface area contributed by atoms with Gasteiger partial charge in [0.2, 0.25) is 0 Å². The van der Waals surface area contributed by atoms with E-state index in [0.717, 1.165) is 0 Å². The van der Waals surface area contributed by atoms with Crippen molar-refractivity contribution in [2.24, 2.45) is 0 Å². The van der Waals surface area contributed by atoms with Crippen LogP contribution in [-0.4, -0.2) is 43.9 Å². The summed E-state index contributed by atoms with van der Waals surface area (Å²) in [5.41, 5.74) is -2.38. The first-order valence-electron chi connectivity index (χ1n) is 13.5. The van der Waals surface area contributed by atoms with Crippen LogP contribution in [0.3, 0.4) is 0 Å². The first kappa shape index (κ1) is 31.8. The van der Waals surface area contributed by atoms with Crippen molar-refractivity contribution in [1.29, 1.82) is 0 Å². The van der Waals surface area contributed by atoms with Crippen LogP contribution in [0, 0.1) is 11.6 Å². The Morgan fingerprint density at radius 3 is 2.17 bits per heavy atom. The minimum absolute atomic E-state index is 0.0287. The molecule has 0 bridgehead atoms. The number of nitrogens with zero attached hydrogens (tertiary/aromatic N) is 1. The zero-order valence-electron chi connectivity index (χ0n) is 25.3. The number of benzene rings is 1. The van der Waals surface area contributed by atoms with Crippen molar-refractivity contribution in [2.45, 2.75) is 96.7 Å². The van der Waals surface area contributed by atoms with Crippen LogP contribution in [0.15, 0.2) is 30.3 Å². The van der Waals surface area contributed by atoms with Crippen molar-refractivity contribution >= 4 is 20.2 Å². The molecule has 2 aromatic rings. The molecule has 1 fully saturated rings. The largest absolute Gasteiger partial charge is 0.444 e. The number of rotatable bonds is 7. The molecule has 1 aromatic heterocycles. The highest BCUT2D eigenvalue weighted by molar-refractivity contribution is 6.74. The maximum absolute atomic E-state index is 16.4. The van der Waals surface area contributed by atoms with E-state index in [9.17, 15) is 14.0 Å². The zero-order valence-corrected chi connectivity index (χ0v) is 26.3. The van der Waals surface area contributed by atoms with Gasteiger partial charge in [0.25, 0.3) is 0 Å². The number of aromatic nitrogens is 1. The minimum atomic E-state index is -2.38. The lowest BCUT2D eigenvalue weighted by Crippen LogP contribution is -2.47. The average molecular weight is 577 g/mol. The van der Waals surface area contributed by atoms with Crippen LogP contribution in [0.1, 0.15) is 73.1 Å². The number of ether oxygens (including phenoxy) is 2. The van der Waals surface area contributed by atoms with E-state index in [1.54, 1.807) is 40.7 Å². The molecule has 0 saturated carbocycles. The highest BCUT2D eigenvalue weighted by Gasteiger charge is 2.47. The van der Waals surface area contributed by atoms with Crippen LogP contribution in [0.2, 0.25) is 18.1 Å². The number of pyridine rings is 1.